The van der Waals surface area contributed by atoms with Gasteiger partial charge in [-0.1, -0.05) is 0 Å². The summed E-state index contributed by atoms with van der Waals surface area (Å²) in [6.45, 7) is 1.96. The van der Waals surface area contributed by atoms with Crippen molar-refractivity contribution < 1.29 is 10.2 Å². The second kappa shape index (κ2) is 2.47. The number of hydrogen-bond donors (Lipinski definition) is 3. The van der Waals surface area contributed by atoms with Crippen LogP contribution in [0, 0.1) is 6.92 Å². The Bertz CT molecular complexity index is 405. The lowest BCUT2D eigenvalue weighted by atomic mass is 10.1. The van der Waals surface area contributed by atoms with Gasteiger partial charge in [-0.2, -0.15) is 0 Å². The summed E-state index contributed by atoms with van der Waals surface area (Å²) < 4.78 is 0. The van der Waals surface area contributed by atoms with E-state index >= 15 is 0 Å². The normalized spacial score (nSPS) is 27.2. The predicted molar refractivity (Wildman–Crippen MR) is 45.7 cm³/mol. The van der Waals surface area contributed by atoms with Crippen LogP contribution in [0.25, 0.3) is 12.2 Å². The number of aliphatic hydroxyl groups is 2. The van der Waals surface area contributed by atoms with Gasteiger partial charge in [-0.25, -0.2) is 0 Å². The van der Waals surface area contributed by atoms with Gasteiger partial charge in [0.05, 0.1) is 0 Å². The molecule has 12 heavy (non-hydrogen) atoms. The van der Waals surface area contributed by atoms with Gasteiger partial charge in [-0.15, -0.1) is 0 Å². The van der Waals surface area contributed by atoms with Crippen LogP contribution in [0.2, 0.25) is 0 Å². The predicted octanol–water partition coefficient (Wildman–Crippen LogP) is -1.38. The molecular formula is C9H11NO2. The molecule has 0 radical (unpaired) electrons. The van der Waals surface area contributed by atoms with Gasteiger partial charge in [0.15, 0.2) is 0 Å². The number of aliphatic hydroxyl groups excluding tert-OH is 2. The lowest BCUT2D eigenvalue weighted by Gasteiger charge is -2.12. The molecule has 1 aliphatic rings. The molecule has 2 rings (SSSR count). The highest BCUT2D eigenvalue weighted by atomic mass is 16.3. The van der Waals surface area contributed by atoms with E-state index in [0.717, 1.165) is 16.1 Å². The van der Waals surface area contributed by atoms with Crippen molar-refractivity contribution >= 4 is 12.2 Å². The molecule has 3 nitrogen and oxygen atoms in total. The fraction of sp³-hybridized carbons (Fsp3) is 0.333. The summed E-state index contributed by atoms with van der Waals surface area (Å²) in [4.78, 5) is 3.02. The lowest BCUT2D eigenvalue weighted by molar-refractivity contribution is 0.0991. The summed E-state index contributed by atoms with van der Waals surface area (Å²) in [5, 5.41) is 20.5. The first-order chi connectivity index (χ1) is 5.68. The summed E-state index contributed by atoms with van der Waals surface area (Å²) in [5.41, 5.74) is 1.09. The summed E-state index contributed by atoms with van der Waals surface area (Å²) in [6, 6.07) is 0. The molecule has 0 fully saturated rings. The van der Waals surface area contributed by atoms with E-state index in [0.29, 0.717) is 0 Å². The van der Waals surface area contributed by atoms with Gasteiger partial charge in [0.2, 0.25) is 0 Å². The maximum absolute atomic E-state index is 9.32. The van der Waals surface area contributed by atoms with E-state index in [1.165, 1.54) is 0 Å². The molecule has 64 valence electrons. The topological polar surface area (TPSA) is 56.2 Å². The quantitative estimate of drug-likeness (QED) is 0.444. The molecule has 1 heterocycles. The van der Waals surface area contributed by atoms with Crippen LogP contribution in [-0.2, 0) is 0 Å². The van der Waals surface area contributed by atoms with Gasteiger partial charge < -0.3 is 15.2 Å². The number of nitrogens with one attached hydrogen (secondary N) is 1. The Kier molecular flexibility index (Phi) is 1.56. The van der Waals surface area contributed by atoms with Gasteiger partial charge in [0.25, 0.3) is 0 Å². The number of rotatable bonds is 0. The first kappa shape index (κ1) is 7.58. The number of fused-ring (bicyclic) bond motifs is 1. The van der Waals surface area contributed by atoms with Crippen LogP contribution in [-0.4, -0.2) is 27.4 Å². The van der Waals surface area contributed by atoms with Crippen molar-refractivity contribution in [1.82, 2.24) is 4.98 Å². The number of hydrogen-bond acceptors (Lipinski definition) is 2. The minimum absolute atomic E-state index is 0.771. The van der Waals surface area contributed by atoms with Crippen LogP contribution in [0.3, 0.4) is 0 Å². The zero-order valence-electron chi connectivity index (χ0n) is 6.78. The average molecular weight is 165 g/mol. The molecule has 0 saturated carbocycles. The molecular weight excluding hydrogens is 154 g/mol. The summed E-state index contributed by atoms with van der Waals surface area (Å²) in [5.74, 6) is 0. The number of aromatic nitrogens is 1. The lowest BCUT2D eigenvalue weighted by Crippen LogP contribution is -2.37. The number of H-pyrrole nitrogens is 1. The Balaban J connectivity index is 2.73. The standard InChI is InChI=1S/C9H11NO2/c1-5-4-10-7-3-9(12)8(11)2-6(5)7/h2-4,8-12H,1H3. The van der Waals surface area contributed by atoms with Crippen molar-refractivity contribution in [3.63, 3.8) is 0 Å². The maximum atomic E-state index is 9.32. The molecule has 0 aromatic carbocycles. The Labute approximate surface area is 69.7 Å². The van der Waals surface area contributed by atoms with E-state index in [1.54, 1.807) is 12.2 Å². The van der Waals surface area contributed by atoms with Gasteiger partial charge >= 0.3 is 0 Å². The largest absolute Gasteiger partial charge is 0.386 e. The van der Waals surface area contributed by atoms with E-state index < -0.39 is 12.2 Å². The molecule has 2 atom stereocenters. The summed E-state index contributed by atoms with van der Waals surface area (Å²) in [7, 11) is 0. The Morgan fingerprint density at radius 2 is 1.92 bits per heavy atom. The molecule has 0 bridgehead atoms. The monoisotopic (exact) mass is 165 g/mol. The van der Waals surface area contributed by atoms with Crippen molar-refractivity contribution in [2.24, 2.45) is 0 Å². The Hall–Kier alpha value is -1.06. The third-order valence-corrected chi connectivity index (χ3v) is 2.18. The molecule has 1 aromatic rings. The molecule has 0 aliphatic heterocycles. The number of aromatic amines is 1. The van der Waals surface area contributed by atoms with Crippen molar-refractivity contribution in [2.45, 2.75) is 19.1 Å². The molecule has 1 aliphatic carbocycles. The number of aryl methyl sites for hydroxylation is 1. The highest BCUT2D eigenvalue weighted by molar-refractivity contribution is 5.45. The third kappa shape index (κ3) is 0.983. The molecule has 1 aromatic heterocycles. The molecule has 0 amide bonds. The van der Waals surface area contributed by atoms with Crippen molar-refractivity contribution in [1.29, 1.82) is 0 Å². The summed E-state index contributed by atoms with van der Waals surface area (Å²) in [6.07, 6.45) is 3.61. The molecule has 0 saturated heterocycles. The van der Waals surface area contributed by atoms with Crippen LogP contribution < -0.4 is 10.6 Å². The van der Waals surface area contributed by atoms with Crippen LogP contribution in [0.5, 0.6) is 0 Å². The minimum atomic E-state index is -0.782. The molecule has 2 unspecified atom stereocenters. The van der Waals surface area contributed by atoms with Crippen LogP contribution in [0.4, 0.5) is 0 Å². The minimum Gasteiger partial charge on any atom is -0.386 e. The fourth-order valence-electron chi connectivity index (χ4n) is 1.45. The van der Waals surface area contributed by atoms with Gasteiger partial charge in [0, 0.05) is 16.8 Å². The van der Waals surface area contributed by atoms with Gasteiger partial charge in [-0.05, 0) is 24.6 Å². The second-order valence-corrected chi connectivity index (χ2v) is 3.11. The zero-order chi connectivity index (χ0) is 8.72. The second-order valence-electron chi connectivity index (χ2n) is 3.11. The van der Waals surface area contributed by atoms with E-state index in [2.05, 4.69) is 4.98 Å². The maximum Gasteiger partial charge on any atom is 0.104 e. The van der Waals surface area contributed by atoms with Crippen LogP contribution in [0.1, 0.15) is 5.56 Å². The van der Waals surface area contributed by atoms with Crippen molar-refractivity contribution in [3.05, 3.63) is 22.3 Å². The first-order valence-electron chi connectivity index (χ1n) is 3.92. The molecule has 3 heteroatoms. The zero-order valence-corrected chi connectivity index (χ0v) is 6.78. The smallest absolute Gasteiger partial charge is 0.104 e. The van der Waals surface area contributed by atoms with Gasteiger partial charge in [0.1, 0.15) is 12.2 Å². The van der Waals surface area contributed by atoms with Crippen LogP contribution in [0.15, 0.2) is 6.20 Å². The third-order valence-electron chi connectivity index (χ3n) is 2.18. The molecule has 3 N–H and O–H groups in total. The highest BCUT2D eigenvalue weighted by Gasteiger charge is 2.14. The fourth-order valence-corrected chi connectivity index (χ4v) is 1.45. The Morgan fingerprint density at radius 1 is 1.25 bits per heavy atom. The SMILES string of the molecule is Cc1c[nH]c2c1=CC(O)C(O)C=2. The van der Waals surface area contributed by atoms with E-state index in [1.807, 2.05) is 13.1 Å². The van der Waals surface area contributed by atoms with E-state index in [-0.39, 0.29) is 0 Å². The highest BCUT2D eigenvalue weighted by Crippen LogP contribution is 1.99. The molecule has 0 spiro atoms. The first-order valence-corrected chi connectivity index (χ1v) is 3.92. The van der Waals surface area contributed by atoms with E-state index in [4.69, 9.17) is 0 Å². The summed E-state index contributed by atoms with van der Waals surface area (Å²) >= 11 is 0. The van der Waals surface area contributed by atoms with Crippen molar-refractivity contribution in [2.75, 3.05) is 0 Å². The van der Waals surface area contributed by atoms with Crippen molar-refractivity contribution in [3.8, 4) is 0 Å². The van der Waals surface area contributed by atoms with E-state index in [9.17, 15) is 10.2 Å². The van der Waals surface area contributed by atoms with Crippen LogP contribution >= 0.6 is 0 Å². The average Bonchev–Trinajstić information content (AvgIpc) is 2.35. The Morgan fingerprint density at radius 3 is 2.67 bits per heavy atom. The van der Waals surface area contributed by atoms with Gasteiger partial charge in [-0.3, -0.25) is 0 Å².